The third-order valence-electron chi connectivity index (χ3n) is 4.66. The Morgan fingerprint density at radius 1 is 1.33 bits per heavy atom. The standard InChI is InChI=1S/C18H25N5O/c1-3-22(4-2)18(24)17(14-8-6-5-7-9-14)21-15-10-11-16-19-13-20-23(16)12-15/h5-9,13,15,17,21H,3-4,10-12H2,1-2H3. The van der Waals surface area contributed by atoms with Gasteiger partial charge in [-0.25, -0.2) is 9.67 Å². The molecule has 2 aromatic rings. The van der Waals surface area contributed by atoms with Crippen molar-refractivity contribution in [2.24, 2.45) is 0 Å². The second-order valence-corrected chi connectivity index (χ2v) is 6.11. The number of carbonyl (C=O) groups excluding carboxylic acids is 1. The summed E-state index contributed by atoms with van der Waals surface area (Å²) in [7, 11) is 0. The van der Waals surface area contributed by atoms with E-state index in [9.17, 15) is 4.79 Å². The zero-order chi connectivity index (χ0) is 16.9. The van der Waals surface area contributed by atoms with Crippen molar-refractivity contribution in [2.75, 3.05) is 13.1 Å². The molecule has 2 heterocycles. The lowest BCUT2D eigenvalue weighted by atomic mass is 10.0. The number of aryl methyl sites for hydroxylation is 1. The molecule has 1 aromatic heterocycles. The van der Waals surface area contributed by atoms with Gasteiger partial charge in [-0.1, -0.05) is 30.3 Å². The van der Waals surface area contributed by atoms with E-state index in [2.05, 4.69) is 15.4 Å². The molecule has 0 spiro atoms. The summed E-state index contributed by atoms with van der Waals surface area (Å²) in [5.41, 5.74) is 1.01. The number of nitrogens with zero attached hydrogens (tertiary/aromatic N) is 4. The second kappa shape index (κ2) is 7.57. The number of benzene rings is 1. The highest BCUT2D eigenvalue weighted by molar-refractivity contribution is 5.83. The quantitative estimate of drug-likeness (QED) is 0.879. The van der Waals surface area contributed by atoms with E-state index in [0.717, 1.165) is 43.9 Å². The van der Waals surface area contributed by atoms with E-state index in [-0.39, 0.29) is 18.0 Å². The number of aromatic nitrogens is 3. The normalized spacial score (nSPS) is 18.0. The van der Waals surface area contributed by atoms with Gasteiger partial charge in [-0.05, 0) is 25.8 Å². The lowest BCUT2D eigenvalue weighted by Crippen LogP contribution is -2.47. The van der Waals surface area contributed by atoms with Gasteiger partial charge in [0.1, 0.15) is 18.2 Å². The van der Waals surface area contributed by atoms with Crippen LogP contribution >= 0.6 is 0 Å². The number of carbonyl (C=O) groups is 1. The molecule has 0 radical (unpaired) electrons. The first-order valence-corrected chi connectivity index (χ1v) is 8.69. The Kier molecular flexibility index (Phi) is 5.25. The SMILES string of the molecule is CCN(CC)C(=O)C(NC1CCc2ncnn2C1)c1ccccc1. The first-order valence-electron chi connectivity index (χ1n) is 8.69. The van der Waals surface area contributed by atoms with Crippen LogP contribution in [0.25, 0.3) is 0 Å². The Morgan fingerprint density at radius 3 is 2.79 bits per heavy atom. The number of hydrogen-bond donors (Lipinski definition) is 1. The zero-order valence-electron chi connectivity index (χ0n) is 14.4. The average Bonchev–Trinajstić information content (AvgIpc) is 3.09. The van der Waals surface area contributed by atoms with Crippen LogP contribution < -0.4 is 5.32 Å². The van der Waals surface area contributed by atoms with Crippen LogP contribution in [0.5, 0.6) is 0 Å². The van der Waals surface area contributed by atoms with Crippen molar-refractivity contribution < 1.29 is 4.79 Å². The fraction of sp³-hybridized carbons (Fsp3) is 0.500. The van der Waals surface area contributed by atoms with E-state index >= 15 is 0 Å². The smallest absolute Gasteiger partial charge is 0.244 e. The maximum absolute atomic E-state index is 13.0. The molecule has 128 valence electrons. The van der Waals surface area contributed by atoms with Crippen LogP contribution in [0, 0.1) is 0 Å². The van der Waals surface area contributed by atoms with E-state index < -0.39 is 0 Å². The maximum Gasteiger partial charge on any atom is 0.244 e. The molecule has 3 rings (SSSR count). The molecule has 0 saturated carbocycles. The third-order valence-corrected chi connectivity index (χ3v) is 4.66. The van der Waals surface area contributed by atoms with Crippen LogP contribution in [0.4, 0.5) is 0 Å². The summed E-state index contributed by atoms with van der Waals surface area (Å²) in [5.74, 6) is 1.16. The van der Waals surface area contributed by atoms with Gasteiger partial charge in [0.25, 0.3) is 0 Å². The summed E-state index contributed by atoms with van der Waals surface area (Å²) in [6.07, 6.45) is 3.46. The highest BCUT2D eigenvalue weighted by atomic mass is 16.2. The van der Waals surface area contributed by atoms with Gasteiger partial charge in [-0.2, -0.15) is 5.10 Å². The largest absolute Gasteiger partial charge is 0.342 e. The molecule has 24 heavy (non-hydrogen) atoms. The van der Waals surface area contributed by atoms with Crippen molar-refractivity contribution in [2.45, 2.75) is 45.3 Å². The molecule has 2 unspecified atom stereocenters. The molecule has 1 amide bonds. The first-order chi connectivity index (χ1) is 11.7. The van der Waals surface area contributed by atoms with Crippen molar-refractivity contribution in [1.29, 1.82) is 0 Å². The van der Waals surface area contributed by atoms with Gasteiger partial charge >= 0.3 is 0 Å². The average molecular weight is 327 g/mol. The molecule has 0 fully saturated rings. The number of hydrogen-bond acceptors (Lipinski definition) is 4. The molecule has 6 nitrogen and oxygen atoms in total. The minimum absolute atomic E-state index is 0.135. The van der Waals surface area contributed by atoms with Crippen LogP contribution in [0.3, 0.4) is 0 Å². The van der Waals surface area contributed by atoms with Crippen LogP contribution in [-0.4, -0.2) is 44.7 Å². The number of nitrogens with one attached hydrogen (secondary N) is 1. The molecule has 0 bridgehead atoms. The highest BCUT2D eigenvalue weighted by Gasteiger charge is 2.29. The van der Waals surface area contributed by atoms with Crippen molar-refractivity contribution in [1.82, 2.24) is 25.0 Å². The van der Waals surface area contributed by atoms with Gasteiger partial charge < -0.3 is 4.90 Å². The van der Waals surface area contributed by atoms with E-state index in [1.165, 1.54) is 0 Å². The lowest BCUT2D eigenvalue weighted by Gasteiger charge is -2.31. The molecule has 2 atom stereocenters. The van der Waals surface area contributed by atoms with Crippen LogP contribution in [-0.2, 0) is 17.8 Å². The van der Waals surface area contributed by atoms with Gasteiger partial charge in [0.2, 0.25) is 5.91 Å². The molecular formula is C18H25N5O. The van der Waals surface area contributed by atoms with Crippen LogP contribution in [0.2, 0.25) is 0 Å². The monoisotopic (exact) mass is 327 g/mol. The number of likely N-dealkylation sites (N-methyl/N-ethyl adjacent to an activating group) is 1. The molecule has 6 heteroatoms. The zero-order valence-corrected chi connectivity index (χ0v) is 14.4. The van der Waals surface area contributed by atoms with Gasteiger partial charge in [0, 0.05) is 25.6 Å². The highest BCUT2D eigenvalue weighted by Crippen LogP contribution is 2.20. The lowest BCUT2D eigenvalue weighted by molar-refractivity contribution is -0.133. The number of rotatable bonds is 6. The van der Waals surface area contributed by atoms with E-state index in [1.54, 1.807) is 6.33 Å². The number of fused-ring (bicyclic) bond motifs is 1. The molecular weight excluding hydrogens is 302 g/mol. The predicted molar refractivity (Wildman–Crippen MR) is 92.4 cm³/mol. The fourth-order valence-corrected chi connectivity index (χ4v) is 3.28. The van der Waals surface area contributed by atoms with Gasteiger partial charge in [-0.3, -0.25) is 10.1 Å². The Labute approximate surface area is 142 Å². The fourth-order valence-electron chi connectivity index (χ4n) is 3.28. The molecule has 1 aliphatic heterocycles. The maximum atomic E-state index is 13.0. The molecule has 1 aliphatic rings. The minimum Gasteiger partial charge on any atom is -0.342 e. The molecule has 1 N–H and O–H groups in total. The Morgan fingerprint density at radius 2 is 2.08 bits per heavy atom. The topological polar surface area (TPSA) is 63.1 Å². The Balaban J connectivity index is 1.79. The summed E-state index contributed by atoms with van der Waals surface area (Å²) in [5, 5.41) is 7.84. The van der Waals surface area contributed by atoms with Crippen molar-refractivity contribution >= 4 is 5.91 Å². The summed E-state index contributed by atoms with van der Waals surface area (Å²) < 4.78 is 1.94. The summed E-state index contributed by atoms with van der Waals surface area (Å²) in [4.78, 5) is 19.2. The van der Waals surface area contributed by atoms with Crippen LogP contribution in [0.15, 0.2) is 36.7 Å². The van der Waals surface area contributed by atoms with Gasteiger partial charge in [-0.15, -0.1) is 0 Å². The third kappa shape index (κ3) is 3.48. The van der Waals surface area contributed by atoms with Gasteiger partial charge in [0.15, 0.2) is 0 Å². The van der Waals surface area contributed by atoms with Gasteiger partial charge in [0.05, 0.1) is 6.54 Å². The summed E-state index contributed by atoms with van der Waals surface area (Å²) in [6, 6.07) is 9.87. The molecule has 0 saturated heterocycles. The van der Waals surface area contributed by atoms with E-state index in [4.69, 9.17) is 0 Å². The van der Waals surface area contributed by atoms with E-state index in [1.807, 2.05) is 53.8 Å². The van der Waals surface area contributed by atoms with Crippen molar-refractivity contribution in [3.63, 3.8) is 0 Å². The first kappa shape index (κ1) is 16.6. The second-order valence-electron chi connectivity index (χ2n) is 6.11. The predicted octanol–water partition coefficient (Wildman–Crippen LogP) is 1.79. The van der Waals surface area contributed by atoms with Crippen molar-refractivity contribution in [3.8, 4) is 0 Å². The molecule has 0 aliphatic carbocycles. The van der Waals surface area contributed by atoms with Crippen molar-refractivity contribution in [3.05, 3.63) is 48.0 Å². The Bertz CT molecular complexity index is 665. The summed E-state index contributed by atoms with van der Waals surface area (Å²) >= 11 is 0. The number of amides is 1. The van der Waals surface area contributed by atoms with Crippen LogP contribution in [0.1, 0.15) is 37.7 Å². The van der Waals surface area contributed by atoms with E-state index in [0.29, 0.717) is 0 Å². The minimum atomic E-state index is -0.318. The summed E-state index contributed by atoms with van der Waals surface area (Å²) in [6.45, 7) is 6.23. The Hall–Kier alpha value is -2.21. The molecule has 1 aromatic carbocycles.